The Morgan fingerprint density at radius 3 is 2.83 bits per heavy atom. The number of carbonyl (C=O) groups is 1. The Labute approximate surface area is 136 Å². The molecule has 23 heavy (non-hydrogen) atoms. The van der Waals surface area contributed by atoms with Gasteiger partial charge in [0.25, 0.3) is 0 Å². The maximum Gasteiger partial charge on any atom is 0.240 e. The molecule has 4 nitrogen and oxygen atoms in total. The quantitative estimate of drug-likeness (QED) is 0.912. The summed E-state index contributed by atoms with van der Waals surface area (Å²) in [5, 5.41) is 9.50. The molecule has 0 radical (unpaired) electrons. The number of hydrogen-bond acceptors (Lipinski definition) is 3. The van der Waals surface area contributed by atoms with Gasteiger partial charge >= 0.3 is 0 Å². The van der Waals surface area contributed by atoms with Gasteiger partial charge in [-0.05, 0) is 57.2 Å². The van der Waals surface area contributed by atoms with Gasteiger partial charge in [-0.1, -0.05) is 12.1 Å². The molecule has 2 N–H and O–H groups in total. The molecule has 1 aromatic carbocycles. The van der Waals surface area contributed by atoms with Crippen LogP contribution in [-0.2, 0) is 10.3 Å². The van der Waals surface area contributed by atoms with E-state index in [9.17, 15) is 14.4 Å². The van der Waals surface area contributed by atoms with Gasteiger partial charge in [0, 0.05) is 0 Å². The van der Waals surface area contributed by atoms with E-state index in [0.717, 1.165) is 12.0 Å². The number of nitriles is 1. The largest absolute Gasteiger partial charge is 0.327 e. The second-order valence-corrected chi connectivity index (χ2v) is 7.35. The Bertz CT molecular complexity index is 709. The van der Waals surface area contributed by atoms with Crippen LogP contribution in [0.3, 0.4) is 0 Å². The number of rotatable bonds is 2. The summed E-state index contributed by atoms with van der Waals surface area (Å²) in [6, 6.07) is 6.53. The summed E-state index contributed by atoms with van der Waals surface area (Å²) < 4.78 is 14.1. The molecular formula is C18H22FN3O. The van der Waals surface area contributed by atoms with Crippen LogP contribution >= 0.6 is 0 Å². The number of hydrogen-bond donors (Lipinski definition) is 1. The standard InChI is InChI=1S/C18H22FN3O/c1-11-12(5-4-6-13(11)19)18-8-7-15(17(2,3)10-20)22(18)16(23)14(21)9-18/h4-6,14-15H,7-9,21H2,1-3H3/t14-,15+,18+/m0/s1. The van der Waals surface area contributed by atoms with E-state index in [1.54, 1.807) is 17.9 Å². The summed E-state index contributed by atoms with van der Waals surface area (Å²) in [5.41, 5.74) is 6.21. The molecule has 0 saturated carbocycles. The Kier molecular flexibility index (Phi) is 3.49. The fraction of sp³-hybridized carbons (Fsp3) is 0.556. The maximum atomic E-state index is 14.1. The lowest BCUT2D eigenvalue weighted by atomic mass is 9.82. The molecule has 122 valence electrons. The lowest BCUT2D eigenvalue weighted by molar-refractivity contribution is -0.134. The minimum atomic E-state index is -0.664. The van der Waals surface area contributed by atoms with Crippen molar-refractivity contribution in [2.45, 2.75) is 57.7 Å². The molecule has 2 aliphatic rings. The van der Waals surface area contributed by atoms with Crippen LogP contribution in [0.1, 0.15) is 44.2 Å². The molecule has 5 heteroatoms. The van der Waals surface area contributed by atoms with Gasteiger partial charge < -0.3 is 10.6 Å². The van der Waals surface area contributed by atoms with Gasteiger partial charge in [-0.3, -0.25) is 4.79 Å². The third-order valence-corrected chi connectivity index (χ3v) is 5.61. The molecule has 1 amide bonds. The number of nitrogens with two attached hydrogens (primary N) is 1. The van der Waals surface area contributed by atoms with Gasteiger partial charge in [-0.15, -0.1) is 0 Å². The average Bonchev–Trinajstić information content (AvgIpc) is 2.99. The van der Waals surface area contributed by atoms with Crippen molar-refractivity contribution in [2.24, 2.45) is 11.1 Å². The number of benzene rings is 1. The third-order valence-electron chi connectivity index (χ3n) is 5.61. The van der Waals surface area contributed by atoms with Crippen LogP contribution in [0.5, 0.6) is 0 Å². The molecule has 0 spiro atoms. The first-order chi connectivity index (χ1) is 10.7. The highest BCUT2D eigenvalue weighted by atomic mass is 19.1. The lowest BCUT2D eigenvalue weighted by Gasteiger charge is -2.40. The minimum Gasteiger partial charge on any atom is -0.327 e. The van der Waals surface area contributed by atoms with Crippen LogP contribution in [-0.4, -0.2) is 22.9 Å². The summed E-state index contributed by atoms with van der Waals surface area (Å²) in [6.45, 7) is 5.45. The lowest BCUT2D eigenvalue weighted by Crippen LogP contribution is -2.49. The molecule has 3 atom stereocenters. The van der Waals surface area contributed by atoms with Crippen LogP contribution in [0.2, 0.25) is 0 Å². The molecule has 3 rings (SSSR count). The molecule has 0 aromatic heterocycles. The molecule has 2 fully saturated rings. The van der Waals surface area contributed by atoms with E-state index >= 15 is 0 Å². The SMILES string of the molecule is Cc1c(F)cccc1[C@]12CC[C@H](C(C)(C)C#N)N1C(=O)[C@@H](N)C2. The van der Waals surface area contributed by atoms with E-state index in [4.69, 9.17) is 5.73 Å². The fourth-order valence-corrected chi connectivity index (χ4v) is 4.36. The van der Waals surface area contributed by atoms with E-state index in [1.807, 2.05) is 19.9 Å². The summed E-state index contributed by atoms with van der Waals surface area (Å²) in [7, 11) is 0. The van der Waals surface area contributed by atoms with Crippen molar-refractivity contribution < 1.29 is 9.18 Å². The van der Waals surface area contributed by atoms with Gasteiger partial charge in [-0.25, -0.2) is 4.39 Å². The first kappa shape index (κ1) is 15.9. The van der Waals surface area contributed by atoms with Crippen LogP contribution in [0.25, 0.3) is 0 Å². The first-order valence-corrected chi connectivity index (χ1v) is 8.00. The topological polar surface area (TPSA) is 70.1 Å². The monoisotopic (exact) mass is 315 g/mol. The zero-order valence-electron chi connectivity index (χ0n) is 13.8. The Balaban J connectivity index is 2.16. The van der Waals surface area contributed by atoms with Crippen LogP contribution < -0.4 is 5.73 Å². The van der Waals surface area contributed by atoms with Gasteiger partial charge in [-0.2, -0.15) is 5.26 Å². The van der Waals surface area contributed by atoms with Crippen molar-refractivity contribution in [2.75, 3.05) is 0 Å². The first-order valence-electron chi connectivity index (χ1n) is 8.00. The van der Waals surface area contributed by atoms with Crippen LogP contribution in [0.15, 0.2) is 18.2 Å². The summed E-state index contributed by atoms with van der Waals surface area (Å²) >= 11 is 0. The average molecular weight is 315 g/mol. The van der Waals surface area contributed by atoms with Crippen LogP contribution in [0, 0.1) is 29.5 Å². The maximum absolute atomic E-state index is 14.1. The van der Waals surface area contributed by atoms with Gasteiger partial charge in [0.1, 0.15) is 5.82 Å². The second-order valence-electron chi connectivity index (χ2n) is 7.35. The normalized spacial score (nSPS) is 30.4. The second kappa shape index (κ2) is 5.04. The molecule has 0 unspecified atom stereocenters. The van der Waals surface area contributed by atoms with Crippen LogP contribution in [0.4, 0.5) is 4.39 Å². The van der Waals surface area contributed by atoms with E-state index < -0.39 is 17.0 Å². The zero-order chi connectivity index (χ0) is 17.0. The van der Waals surface area contributed by atoms with E-state index in [0.29, 0.717) is 18.4 Å². The summed E-state index contributed by atoms with van der Waals surface area (Å²) in [6.07, 6.45) is 1.93. The van der Waals surface area contributed by atoms with Gasteiger partial charge in [0.15, 0.2) is 0 Å². The van der Waals surface area contributed by atoms with E-state index in [-0.39, 0.29) is 17.8 Å². The summed E-state index contributed by atoms with van der Waals surface area (Å²) in [4.78, 5) is 14.5. The predicted molar refractivity (Wildman–Crippen MR) is 84.7 cm³/mol. The predicted octanol–water partition coefficient (Wildman–Crippen LogP) is 2.60. The fourth-order valence-electron chi connectivity index (χ4n) is 4.36. The van der Waals surface area contributed by atoms with E-state index in [2.05, 4.69) is 6.07 Å². The zero-order valence-corrected chi connectivity index (χ0v) is 13.8. The van der Waals surface area contributed by atoms with Gasteiger partial charge in [0.05, 0.1) is 29.1 Å². The molecule has 0 aliphatic carbocycles. The number of halogens is 1. The number of nitrogens with zero attached hydrogens (tertiary/aromatic N) is 2. The summed E-state index contributed by atoms with van der Waals surface area (Å²) in [5.74, 6) is -0.396. The van der Waals surface area contributed by atoms with Gasteiger partial charge in [0.2, 0.25) is 5.91 Å². The number of amides is 1. The van der Waals surface area contributed by atoms with Crippen molar-refractivity contribution in [3.63, 3.8) is 0 Å². The molecule has 2 saturated heterocycles. The Morgan fingerprint density at radius 1 is 1.48 bits per heavy atom. The van der Waals surface area contributed by atoms with Crippen molar-refractivity contribution in [3.8, 4) is 6.07 Å². The van der Waals surface area contributed by atoms with Crippen molar-refractivity contribution >= 4 is 5.91 Å². The number of fused-ring (bicyclic) bond motifs is 1. The molecule has 2 heterocycles. The Hall–Kier alpha value is -1.93. The minimum absolute atomic E-state index is 0.125. The smallest absolute Gasteiger partial charge is 0.240 e. The van der Waals surface area contributed by atoms with E-state index in [1.165, 1.54) is 6.07 Å². The highest BCUT2D eigenvalue weighted by molar-refractivity contribution is 5.86. The molecule has 0 bridgehead atoms. The van der Waals surface area contributed by atoms with Crippen molar-refractivity contribution in [1.82, 2.24) is 4.90 Å². The molecule has 2 aliphatic heterocycles. The number of carbonyl (C=O) groups excluding carboxylic acids is 1. The highest BCUT2D eigenvalue weighted by Crippen LogP contribution is 2.54. The third kappa shape index (κ3) is 2.08. The van der Waals surface area contributed by atoms with Crippen molar-refractivity contribution in [1.29, 1.82) is 5.26 Å². The van der Waals surface area contributed by atoms with Crippen molar-refractivity contribution in [3.05, 3.63) is 35.1 Å². The molecular weight excluding hydrogens is 293 g/mol. The highest BCUT2D eigenvalue weighted by Gasteiger charge is 2.60. The Morgan fingerprint density at radius 2 is 2.17 bits per heavy atom. The molecule has 1 aromatic rings.